The van der Waals surface area contributed by atoms with Crippen LogP contribution in [0.15, 0.2) is 97.2 Å². The quantitative estimate of drug-likeness (QED) is 0.330. The summed E-state index contributed by atoms with van der Waals surface area (Å²) >= 11 is 0. The van der Waals surface area contributed by atoms with E-state index in [2.05, 4.69) is 17.2 Å². The lowest BCUT2D eigenvalue weighted by Gasteiger charge is -2.17. The molecule has 170 valence electrons. The molecular weight excluding hydrogens is 408 g/mol. The van der Waals surface area contributed by atoms with E-state index in [4.69, 9.17) is 0 Å². The minimum Gasteiger partial charge on any atom is -0.376 e. The van der Waals surface area contributed by atoms with Crippen LogP contribution >= 0.6 is 0 Å². The molecule has 0 bridgehead atoms. The van der Waals surface area contributed by atoms with Gasteiger partial charge in [-0.1, -0.05) is 86.3 Å². The van der Waals surface area contributed by atoms with Crippen LogP contribution < -0.4 is 10.6 Å². The number of rotatable bonds is 12. The van der Waals surface area contributed by atoms with Gasteiger partial charge in [-0.3, -0.25) is 4.79 Å². The number of hydrogen-bond acceptors (Lipinski definition) is 3. The van der Waals surface area contributed by atoms with Crippen molar-refractivity contribution in [3.63, 3.8) is 0 Å². The molecule has 0 fully saturated rings. The number of carbonyl (C=O) groups excluding carboxylic acids is 2. The molecule has 0 aliphatic heterocycles. The van der Waals surface area contributed by atoms with Crippen molar-refractivity contribution in [3.8, 4) is 0 Å². The van der Waals surface area contributed by atoms with Crippen LogP contribution in [0.1, 0.15) is 54.8 Å². The van der Waals surface area contributed by atoms with Crippen molar-refractivity contribution in [1.29, 1.82) is 0 Å². The predicted octanol–water partition coefficient (Wildman–Crippen LogP) is 6.19. The molecule has 0 aromatic heterocycles. The van der Waals surface area contributed by atoms with Crippen molar-refractivity contribution >= 4 is 17.9 Å². The van der Waals surface area contributed by atoms with Crippen molar-refractivity contribution in [2.45, 2.75) is 44.6 Å². The first-order valence-electron chi connectivity index (χ1n) is 11.5. The molecular formula is C29H32N2O2. The second kappa shape index (κ2) is 12.4. The van der Waals surface area contributed by atoms with E-state index in [0.29, 0.717) is 0 Å². The van der Waals surface area contributed by atoms with Crippen molar-refractivity contribution in [2.24, 2.45) is 0 Å². The molecule has 3 rings (SSSR count). The first kappa shape index (κ1) is 24.0. The van der Waals surface area contributed by atoms with Gasteiger partial charge >= 0.3 is 0 Å². The van der Waals surface area contributed by atoms with Crippen LogP contribution in [0.3, 0.4) is 0 Å². The number of allylic oxidation sites excluding steroid dienone is 1. The molecule has 2 N–H and O–H groups in total. The maximum atomic E-state index is 12.7. The Labute approximate surface area is 196 Å². The Morgan fingerprint density at radius 3 is 2.09 bits per heavy atom. The van der Waals surface area contributed by atoms with Gasteiger partial charge in [0.15, 0.2) is 0 Å². The van der Waals surface area contributed by atoms with Crippen LogP contribution in [0.2, 0.25) is 0 Å². The number of hydrogen-bond donors (Lipinski definition) is 2. The summed E-state index contributed by atoms with van der Waals surface area (Å²) in [7, 11) is 0. The summed E-state index contributed by atoms with van der Waals surface area (Å²) < 4.78 is 0. The Morgan fingerprint density at radius 1 is 0.909 bits per heavy atom. The average Bonchev–Trinajstić information content (AvgIpc) is 2.85. The monoisotopic (exact) mass is 440 g/mol. The summed E-state index contributed by atoms with van der Waals surface area (Å²) in [5, 5.41) is 6.26. The van der Waals surface area contributed by atoms with E-state index < -0.39 is 0 Å². The number of carbonyl (C=O) groups is 2. The summed E-state index contributed by atoms with van der Waals surface area (Å²) in [4.78, 5) is 24.2. The number of nitrogens with one attached hydrogen (secondary N) is 2. The van der Waals surface area contributed by atoms with Gasteiger partial charge in [-0.15, -0.1) is 0 Å². The van der Waals surface area contributed by atoms with Gasteiger partial charge < -0.3 is 15.4 Å². The van der Waals surface area contributed by atoms with Gasteiger partial charge in [0.25, 0.3) is 0 Å². The summed E-state index contributed by atoms with van der Waals surface area (Å²) in [5.74, 6) is -0.141. The molecule has 2 unspecified atom stereocenters. The maximum Gasteiger partial charge on any atom is 0.231 e. The van der Waals surface area contributed by atoms with Gasteiger partial charge in [0.1, 0.15) is 12.3 Å². The van der Waals surface area contributed by atoms with E-state index in [1.54, 1.807) is 0 Å². The Bertz CT molecular complexity index is 1030. The molecule has 2 atom stereocenters. The molecule has 0 aliphatic rings. The lowest BCUT2D eigenvalue weighted by molar-refractivity contribution is -0.117. The molecule has 0 saturated carbocycles. The number of benzene rings is 3. The summed E-state index contributed by atoms with van der Waals surface area (Å²) in [5.41, 5.74) is 4.83. The molecule has 4 nitrogen and oxygen atoms in total. The van der Waals surface area contributed by atoms with E-state index in [1.807, 2.05) is 91.9 Å². The fourth-order valence-electron chi connectivity index (χ4n) is 3.90. The van der Waals surface area contributed by atoms with E-state index in [0.717, 1.165) is 54.5 Å². The Hall–Kier alpha value is -3.66. The third-order valence-electron chi connectivity index (χ3n) is 5.75. The Balaban J connectivity index is 1.46. The number of anilines is 1. The highest BCUT2D eigenvalue weighted by Gasteiger charge is 2.18. The van der Waals surface area contributed by atoms with E-state index in [1.165, 1.54) is 5.56 Å². The van der Waals surface area contributed by atoms with Crippen molar-refractivity contribution < 1.29 is 9.59 Å². The van der Waals surface area contributed by atoms with Crippen molar-refractivity contribution in [3.05, 3.63) is 114 Å². The fourth-order valence-corrected chi connectivity index (χ4v) is 3.90. The van der Waals surface area contributed by atoms with Gasteiger partial charge in [0.05, 0.1) is 5.92 Å². The summed E-state index contributed by atoms with van der Waals surface area (Å²) in [6.45, 7) is 6.11. The van der Waals surface area contributed by atoms with E-state index in [-0.39, 0.29) is 17.9 Å². The Kier molecular flexibility index (Phi) is 9.01. The largest absolute Gasteiger partial charge is 0.376 e. The van der Waals surface area contributed by atoms with Crippen LogP contribution in [-0.4, -0.2) is 12.2 Å². The highest BCUT2D eigenvalue weighted by molar-refractivity contribution is 5.95. The molecule has 33 heavy (non-hydrogen) atoms. The first-order chi connectivity index (χ1) is 16.1. The zero-order chi connectivity index (χ0) is 23.5. The lowest BCUT2D eigenvalue weighted by Crippen LogP contribution is -2.21. The van der Waals surface area contributed by atoms with Gasteiger partial charge in [-0.25, -0.2) is 0 Å². The third-order valence-corrected chi connectivity index (χ3v) is 5.75. The molecule has 1 amide bonds. The van der Waals surface area contributed by atoms with E-state index in [9.17, 15) is 9.59 Å². The van der Waals surface area contributed by atoms with Crippen LogP contribution in [-0.2, 0) is 16.0 Å². The lowest BCUT2D eigenvalue weighted by atomic mass is 9.95. The first-order valence-corrected chi connectivity index (χ1v) is 11.5. The molecule has 0 heterocycles. The van der Waals surface area contributed by atoms with Gasteiger partial charge in [-0.05, 0) is 54.5 Å². The minimum atomic E-state index is -0.371. The summed E-state index contributed by atoms with van der Waals surface area (Å²) in [6.07, 6.45) is 4.26. The standard InChI is InChI=1S/C29H32N2O2/c1-3-27(24-13-6-4-7-14-24)29(33)31-26-19-17-23(18-20-26)12-10-11-22(2)30-28(21-32)25-15-8-5-9-16-25/h4-9,13-21,27-28,30H,2-3,10-12H2,1H3,(H,31,33). The molecule has 3 aromatic rings. The molecule has 3 aromatic carbocycles. The van der Waals surface area contributed by atoms with Crippen LogP contribution in [0.4, 0.5) is 5.69 Å². The zero-order valence-corrected chi connectivity index (χ0v) is 19.2. The molecule has 4 heteroatoms. The van der Waals surface area contributed by atoms with Crippen LogP contribution in [0.25, 0.3) is 0 Å². The zero-order valence-electron chi connectivity index (χ0n) is 19.2. The van der Waals surface area contributed by atoms with Crippen LogP contribution in [0, 0.1) is 0 Å². The Morgan fingerprint density at radius 2 is 1.52 bits per heavy atom. The number of amides is 1. The number of aryl methyl sites for hydroxylation is 1. The van der Waals surface area contributed by atoms with Gasteiger partial charge in [-0.2, -0.15) is 0 Å². The third kappa shape index (κ3) is 7.18. The number of aldehydes is 1. The smallest absolute Gasteiger partial charge is 0.231 e. The van der Waals surface area contributed by atoms with Gasteiger partial charge in [0, 0.05) is 11.4 Å². The topological polar surface area (TPSA) is 58.2 Å². The minimum absolute atomic E-state index is 0.0157. The highest BCUT2D eigenvalue weighted by atomic mass is 16.1. The normalized spacial score (nSPS) is 12.4. The fraction of sp³-hybridized carbons (Fsp3) is 0.241. The summed E-state index contributed by atoms with van der Waals surface area (Å²) in [6, 6.07) is 27.2. The maximum absolute atomic E-state index is 12.7. The molecule has 0 aliphatic carbocycles. The second-order valence-corrected chi connectivity index (χ2v) is 8.18. The predicted molar refractivity (Wildman–Crippen MR) is 135 cm³/mol. The van der Waals surface area contributed by atoms with Crippen molar-refractivity contribution in [2.75, 3.05) is 5.32 Å². The SMILES string of the molecule is C=C(CCCc1ccc(NC(=O)C(CC)c2ccccc2)cc1)NC(C=O)c1ccccc1. The molecule has 0 saturated heterocycles. The average molecular weight is 441 g/mol. The second-order valence-electron chi connectivity index (χ2n) is 8.18. The van der Waals surface area contributed by atoms with Crippen molar-refractivity contribution in [1.82, 2.24) is 5.32 Å². The van der Waals surface area contributed by atoms with E-state index >= 15 is 0 Å². The highest BCUT2D eigenvalue weighted by Crippen LogP contribution is 2.22. The van der Waals surface area contributed by atoms with Crippen LogP contribution in [0.5, 0.6) is 0 Å². The van der Waals surface area contributed by atoms with Gasteiger partial charge in [0.2, 0.25) is 5.91 Å². The molecule has 0 spiro atoms. The molecule has 0 radical (unpaired) electrons.